The number of aromatic nitrogens is 1. The first-order valence-corrected chi connectivity index (χ1v) is 8.25. The van der Waals surface area contributed by atoms with Gasteiger partial charge in [0.25, 0.3) is 0 Å². The van der Waals surface area contributed by atoms with Gasteiger partial charge in [-0.1, -0.05) is 36.4 Å². The third-order valence-electron chi connectivity index (χ3n) is 4.59. The zero-order valence-corrected chi connectivity index (χ0v) is 13.8. The molecular formula is C21H20N2O. The predicted molar refractivity (Wildman–Crippen MR) is 97.4 cm³/mol. The normalized spacial score (nSPS) is 13.0. The first-order valence-electron chi connectivity index (χ1n) is 8.25. The summed E-state index contributed by atoms with van der Waals surface area (Å²) in [5, 5.41) is 0. The number of para-hydroxylation sites is 1. The topological polar surface area (TPSA) is 25.4 Å². The van der Waals surface area contributed by atoms with Crippen molar-refractivity contribution in [2.24, 2.45) is 0 Å². The van der Waals surface area contributed by atoms with Crippen molar-refractivity contribution in [1.82, 2.24) is 4.98 Å². The average molecular weight is 316 g/mol. The van der Waals surface area contributed by atoms with Crippen LogP contribution in [0.3, 0.4) is 0 Å². The molecule has 0 saturated carbocycles. The van der Waals surface area contributed by atoms with Gasteiger partial charge < -0.3 is 9.64 Å². The highest BCUT2D eigenvalue weighted by atomic mass is 16.5. The quantitative estimate of drug-likeness (QED) is 0.717. The zero-order valence-electron chi connectivity index (χ0n) is 13.8. The van der Waals surface area contributed by atoms with E-state index in [0.717, 1.165) is 25.3 Å². The van der Waals surface area contributed by atoms with Crippen LogP contribution >= 0.6 is 0 Å². The van der Waals surface area contributed by atoms with Gasteiger partial charge in [-0.2, -0.15) is 0 Å². The third-order valence-corrected chi connectivity index (χ3v) is 4.59. The standard InChI is InChI=1S/C21H20N2O/c1-24-19-9-7-16(8-10-19)15-23-13-11-17-4-2-6-20(21(17)23)18-5-3-12-22-14-18/h2-10,12,14H,11,13,15H2,1H3. The van der Waals surface area contributed by atoms with E-state index in [0.29, 0.717) is 0 Å². The van der Waals surface area contributed by atoms with Crippen molar-refractivity contribution in [1.29, 1.82) is 0 Å². The minimum atomic E-state index is 0.900. The smallest absolute Gasteiger partial charge is 0.118 e. The highest BCUT2D eigenvalue weighted by molar-refractivity contribution is 5.82. The number of nitrogens with zero attached hydrogens (tertiary/aromatic N) is 2. The fraction of sp³-hybridized carbons (Fsp3) is 0.190. The van der Waals surface area contributed by atoms with Crippen LogP contribution in [0.2, 0.25) is 0 Å². The predicted octanol–water partition coefficient (Wildman–Crippen LogP) is 4.32. The summed E-state index contributed by atoms with van der Waals surface area (Å²) < 4.78 is 5.25. The minimum Gasteiger partial charge on any atom is -0.497 e. The van der Waals surface area contributed by atoms with Gasteiger partial charge in [-0.3, -0.25) is 4.98 Å². The van der Waals surface area contributed by atoms with E-state index < -0.39 is 0 Å². The molecule has 2 heterocycles. The van der Waals surface area contributed by atoms with Gasteiger partial charge in [0.2, 0.25) is 0 Å². The molecule has 3 heteroatoms. The summed E-state index contributed by atoms with van der Waals surface area (Å²) in [5.41, 5.74) is 6.51. The maximum atomic E-state index is 5.25. The number of hydrogen-bond donors (Lipinski definition) is 0. The van der Waals surface area contributed by atoms with Crippen molar-refractivity contribution in [2.75, 3.05) is 18.6 Å². The molecule has 2 aromatic carbocycles. The van der Waals surface area contributed by atoms with Gasteiger partial charge in [0, 0.05) is 42.3 Å². The Morgan fingerprint density at radius 1 is 1.04 bits per heavy atom. The summed E-state index contributed by atoms with van der Waals surface area (Å²) >= 11 is 0. The number of anilines is 1. The summed E-state index contributed by atoms with van der Waals surface area (Å²) in [7, 11) is 1.70. The molecule has 0 bridgehead atoms. The molecule has 0 spiro atoms. The van der Waals surface area contributed by atoms with E-state index in [1.54, 1.807) is 7.11 Å². The first kappa shape index (κ1) is 14.8. The molecule has 24 heavy (non-hydrogen) atoms. The lowest BCUT2D eigenvalue weighted by Crippen LogP contribution is -2.20. The monoisotopic (exact) mass is 316 g/mol. The first-order chi connectivity index (χ1) is 11.8. The average Bonchev–Trinajstić information content (AvgIpc) is 3.06. The van der Waals surface area contributed by atoms with Crippen LogP contribution in [0.5, 0.6) is 5.75 Å². The lowest BCUT2D eigenvalue weighted by Gasteiger charge is -2.22. The molecule has 120 valence electrons. The second-order valence-electron chi connectivity index (χ2n) is 6.07. The number of benzene rings is 2. The SMILES string of the molecule is COc1ccc(CN2CCc3cccc(-c4cccnc4)c32)cc1. The molecule has 0 amide bonds. The largest absolute Gasteiger partial charge is 0.497 e. The molecule has 0 unspecified atom stereocenters. The Morgan fingerprint density at radius 3 is 2.67 bits per heavy atom. The Labute approximate surface area is 142 Å². The summed E-state index contributed by atoms with van der Waals surface area (Å²) in [6.45, 7) is 1.97. The molecule has 0 atom stereocenters. The van der Waals surface area contributed by atoms with Gasteiger partial charge in [0.1, 0.15) is 5.75 Å². The Hall–Kier alpha value is -2.81. The van der Waals surface area contributed by atoms with Crippen LogP contribution in [0.1, 0.15) is 11.1 Å². The van der Waals surface area contributed by atoms with E-state index in [9.17, 15) is 0 Å². The van der Waals surface area contributed by atoms with Gasteiger partial charge in [-0.15, -0.1) is 0 Å². The van der Waals surface area contributed by atoms with Gasteiger partial charge >= 0.3 is 0 Å². The maximum Gasteiger partial charge on any atom is 0.118 e. The van der Waals surface area contributed by atoms with E-state index in [1.807, 2.05) is 30.6 Å². The molecule has 3 aromatic rings. The molecule has 3 nitrogen and oxygen atoms in total. The van der Waals surface area contributed by atoms with Crippen LogP contribution in [0.15, 0.2) is 67.0 Å². The molecule has 0 saturated heterocycles. The van der Waals surface area contributed by atoms with E-state index in [2.05, 4.69) is 46.3 Å². The summed E-state index contributed by atoms with van der Waals surface area (Å²) in [6.07, 6.45) is 4.86. The molecule has 1 aromatic heterocycles. The maximum absolute atomic E-state index is 5.25. The Kier molecular flexibility index (Phi) is 3.91. The fourth-order valence-electron chi connectivity index (χ4n) is 3.40. The highest BCUT2D eigenvalue weighted by Crippen LogP contribution is 2.38. The van der Waals surface area contributed by atoms with Crippen LogP contribution in [0, 0.1) is 0 Å². The fourth-order valence-corrected chi connectivity index (χ4v) is 3.40. The van der Waals surface area contributed by atoms with Crippen LogP contribution < -0.4 is 9.64 Å². The lowest BCUT2D eigenvalue weighted by molar-refractivity contribution is 0.414. The van der Waals surface area contributed by atoms with Crippen LogP contribution in [0.4, 0.5) is 5.69 Å². The van der Waals surface area contributed by atoms with Gasteiger partial charge in [-0.25, -0.2) is 0 Å². The van der Waals surface area contributed by atoms with E-state index in [1.165, 1.54) is 27.9 Å². The third kappa shape index (κ3) is 2.73. The van der Waals surface area contributed by atoms with Crippen molar-refractivity contribution < 1.29 is 4.74 Å². The Bertz CT molecular complexity index is 828. The Morgan fingerprint density at radius 2 is 1.92 bits per heavy atom. The van der Waals surface area contributed by atoms with Crippen molar-refractivity contribution in [3.05, 3.63) is 78.1 Å². The molecule has 0 radical (unpaired) electrons. The van der Waals surface area contributed by atoms with Crippen LogP contribution in [-0.4, -0.2) is 18.6 Å². The minimum absolute atomic E-state index is 0.900. The summed E-state index contributed by atoms with van der Waals surface area (Å²) in [4.78, 5) is 6.75. The van der Waals surface area contributed by atoms with Crippen molar-refractivity contribution in [3.8, 4) is 16.9 Å². The van der Waals surface area contributed by atoms with Crippen molar-refractivity contribution in [3.63, 3.8) is 0 Å². The molecule has 0 aliphatic carbocycles. The number of hydrogen-bond acceptors (Lipinski definition) is 3. The molecule has 1 aliphatic heterocycles. The highest BCUT2D eigenvalue weighted by Gasteiger charge is 2.22. The molecule has 1 aliphatic rings. The number of rotatable bonds is 4. The molecular weight excluding hydrogens is 296 g/mol. The van der Waals surface area contributed by atoms with Crippen LogP contribution in [0.25, 0.3) is 11.1 Å². The Balaban J connectivity index is 1.67. The summed E-state index contributed by atoms with van der Waals surface area (Å²) in [6, 6.07) is 19.1. The number of ether oxygens (including phenoxy) is 1. The van der Waals surface area contributed by atoms with E-state index >= 15 is 0 Å². The van der Waals surface area contributed by atoms with E-state index in [-0.39, 0.29) is 0 Å². The van der Waals surface area contributed by atoms with E-state index in [4.69, 9.17) is 4.74 Å². The zero-order chi connectivity index (χ0) is 16.4. The van der Waals surface area contributed by atoms with Gasteiger partial charge in [-0.05, 0) is 35.7 Å². The van der Waals surface area contributed by atoms with Gasteiger partial charge in [0.15, 0.2) is 0 Å². The van der Waals surface area contributed by atoms with Crippen molar-refractivity contribution >= 4 is 5.69 Å². The molecule has 0 fully saturated rings. The lowest BCUT2D eigenvalue weighted by atomic mass is 10.0. The van der Waals surface area contributed by atoms with Gasteiger partial charge in [0.05, 0.1) is 7.11 Å². The molecule has 0 N–H and O–H groups in total. The molecule has 4 rings (SSSR count). The number of methoxy groups -OCH3 is 1. The number of pyridine rings is 1. The number of fused-ring (bicyclic) bond motifs is 1. The summed E-state index contributed by atoms with van der Waals surface area (Å²) in [5.74, 6) is 0.900. The van der Waals surface area contributed by atoms with Crippen molar-refractivity contribution in [2.45, 2.75) is 13.0 Å². The second-order valence-corrected chi connectivity index (χ2v) is 6.07. The van der Waals surface area contributed by atoms with Crippen LogP contribution in [-0.2, 0) is 13.0 Å². The second kappa shape index (κ2) is 6.36.